The van der Waals surface area contributed by atoms with Gasteiger partial charge in [0.2, 0.25) is 5.95 Å². The molecule has 1 heterocycles. The monoisotopic (exact) mass is 246 g/mol. The Hall–Kier alpha value is -2.17. The van der Waals surface area contributed by atoms with Gasteiger partial charge in [-0.3, -0.25) is 0 Å². The Balaban J connectivity index is 2.11. The minimum absolute atomic E-state index is 0.255. The van der Waals surface area contributed by atoms with Crippen LogP contribution in [0, 0.1) is 19.7 Å². The third kappa shape index (κ3) is 2.74. The maximum atomic E-state index is 13.0. The number of nitrogens with one attached hydrogen (secondary N) is 1. The highest BCUT2D eigenvalue weighted by Crippen LogP contribution is 2.14. The molecule has 2 rings (SSSR count). The normalized spacial score (nSPS) is 10.4. The van der Waals surface area contributed by atoms with Crippen molar-refractivity contribution in [3.05, 3.63) is 46.9 Å². The average Bonchev–Trinajstić information content (AvgIpc) is 2.33. The molecule has 0 radical (unpaired) electrons. The molecule has 3 N–H and O–H groups in total. The molecule has 0 atom stereocenters. The molecule has 2 aromatic rings. The van der Waals surface area contributed by atoms with Gasteiger partial charge < -0.3 is 11.1 Å². The summed E-state index contributed by atoms with van der Waals surface area (Å²) in [5.41, 5.74) is 8.31. The zero-order chi connectivity index (χ0) is 13.1. The van der Waals surface area contributed by atoms with Crippen LogP contribution in [0.3, 0.4) is 0 Å². The lowest BCUT2D eigenvalue weighted by atomic mass is 10.2. The van der Waals surface area contributed by atoms with Gasteiger partial charge in [-0.15, -0.1) is 0 Å². The number of aryl methyl sites for hydroxylation is 1. The van der Waals surface area contributed by atoms with Crippen molar-refractivity contribution in [1.29, 1.82) is 0 Å². The van der Waals surface area contributed by atoms with E-state index in [0.29, 0.717) is 18.3 Å². The van der Waals surface area contributed by atoms with E-state index in [1.807, 2.05) is 19.9 Å². The summed E-state index contributed by atoms with van der Waals surface area (Å²) in [6.07, 6.45) is 0. The number of halogens is 1. The van der Waals surface area contributed by atoms with E-state index in [0.717, 1.165) is 16.8 Å². The molecule has 18 heavy (non-hydrogen) atoms. The number of nitrogens with two attached hydrogens (primary N) is 1. The summed E-state index contributed by atoms with van der Waals surface area (Å²) in [5, 5.41) is 3.03. The van der Waals surface area contributed by atoms with Crippen LogP contribution in [0.2, 0.25) is 0 Å². The Morgan fingerprint density at radius 3 is 2.72 bits per heavy atom. The SMILES string of the molecule is Cc1nc(NCc2cccc(F)c2)nc(N)c1C. The minimum Gasteiger partial charge on any atom is -0.383 e. The molecule has 0 spiro atoms. The molecule has 0 saturated carbocycles. The number of hydrogen-bond donors (Lipinski definition) is 2. The molecule has 0 aliphatic heterocycles. The topological polar surface area (TPSA) is 63.8 Å². The van der Waals surface area contributed by atoms with Crippen molar-refractivity contribution >= 4 is 11.8 Å². The number of rotatable bonds is 3. The van der Waals surface area contributed by atoms with Crippen molar-refractivity contribution in [2.45, 2.75) is 20.4 Å². The maximum Gasteiger partial charge on any atom is 0.225 e. The summed E-state index contributed by atoms with van der Waals surface area (Å²) in [6.45, 7) is 4.21. The molecule has 4 nitrogen and oxygen atoms in total. The molecule has 1 aromatic heterocycles. The first-order valence-electron chi connectivity index (χ1n) is 5.65. The zero-order valence-electron chi connectivity index (χ0n) is 10.4. The molecule has 5 heteroatoms. The Kier molecular flexibility index (Phi) is 3.41. The van der Waals surface area contributed by atoms with Gasteiger partial charge in [0.25, 0.3) is 0 Å². The van der Waals surface area contributed by atoms with Crippen LogP contribution in [0.25, 0.3) is 0 Å². The second kappa shape index (κ2) is 5.00. The first-order valence-corrected chi connectivity index (χ1v) is 5.65. The first-order chi connectivity index (χ1) is 8.56. The maximum absolute atomic E-state index is 13.0. The molecule has 0 unspecified atom stereocenters. The Morgan fingerprint density at radius 2 is 2.06 bits per heavy atom. The van der Waals surface area contributed by atoms with E-state index >= 15 is 0 Å². The van der Waals surface area contributed by atoms with Crippen LogP contribution in [0.15, 0.2) is 24.3 Å². The molecule has 0 bridgehead atoms. The van der Waals surface area contributed by atoms with E-state index in [4.69, 9.17) is 5.73 Å². The van der Waals surface area contributed by atoms with Gasteiger partial charge in [-0.25, -0.2) is 9.37 Å². The summed E-state index contributed by atoms with van der Waals surface area (Å²) < 4.78 is 13.0. The van der Waals surface area contributed by atoms with Crippen molar-refractivity contribution in [3.63, 3.8) is 0 Å². The van der Waals surface area contributed by atoms with E-state index in [1.54, 1.807) is 6.07 Å². The predicted octanol–water partition coefficient (Wildman–Crippen LogP) is 2.43. The number of anilines is 2. The number of nitrogens with zero attached hydrogens (tertiary/aromatic N) is 2. The van der Waals surface area contributed by atoms with Crippen LogP contribution in [0.4, 0.5) is 16.2 Å². The van der Waals surface area contributed by atoms with Crippen molar-refractivity contribution < 1.29 is 4.39 Å². The smallest absolute Gasteiger partial charge is 0.225 e. The van der Waals surface area contributed by atoms with Crippen LogP contribution in [0.1, 0.15) is 16.8 Å². The fraction of sp³-hybridized carbons (Fsp3) is 0.231. The molecular weight excluding hydrogens is 231 g/mol. The summed E-state index contributed by atoms with van der Waals surface area (Å²) in [5.74, 6) is 0.666. The number of hydrogen-bond acceptors (Lipinski definition) is 4. The zero-order valence-corrected chi connectivity index (χ0v) is 10.4. The van der Waals surface area contributed by atoms with Gasteiger partial charge in [0.1, 0.15) is 11.6 Å². The average molecular weight is 246 g/mol. The molecular formula is C13H15FN4. The highest BCUT2D eigenvalue weighted by atomic mass is 19.1. The Labute approximate surface area is 105 Å². The fourth-order valence-electron chi connectivity index (χ4n) is 1.56. The summed E-state index contributed by atoms with van der Waals surface area (Å²) >= 11 is 0. The molecule has 94 valence electrons. The molecule has 0 saturated heterocycles. The summed E-state index contributed by atoms with van der Waals surface area (Å²) in [6, 6.07) is 6.38. The second-order valence-electron chi connectivity index (χ2n) is 4.13. The fourth-order valence-corrected chi connectivity index (χ4v) is 1.56. The second-order valence-corrected chi connectivity index (χ2v) is 4.13. The largest absolute Gasteiger partial charge is 0.383 e. The van der Waals surface area contributed by atoms with E-state index < -0.39 is 0 Å². The standard InChI is InChI=1S/C13H15FN4/c1-8-9(2)17-13(18-12(8)15)16-7-10-4-3-5-11(14)6-10/h3-6H,7H2,1-2H3,(H3,15,16,17,18). The van der Waals surface area contributed by atoms with Crippen LogP contribution in [-0.2, 0) is 6.54 Å². The van der Waals surface area contributed by atoms with Crippen molar-refractivity contribution in [1.82, 2.24) is 9.97 Å². The molecule has 1 aromatic carbocycles. The Morgan fingerprint density at radius 1 is 1.28 bits per heavy atom. The third-order valence-electron chi connectivity index (χ3n) is 2.77. The highest BCUT2D eigenvalue weighted by Gasteiger charge is 2.04. The van der Waals surface area contributed by atoms with Gasteiger partial charge in [0.05, 0.1) is 0 Å². The quantitative estimate of drug-likeness (QED) is 0.873. The summed E-state index contributed by atoms with van der Waals surface area (Å²) in [7, 11) is 0. The lowest BCUT2D eigenvalue weighted by molar-refractivity contribution is 0.626. The van der Waals surface area contributed by atoms with Crippen molar-refractivity contribution in [2.75, 3.05) is 11.1 Å². The van der Waals surface area contributed by atoms with Gasteiger partial charge >= 0.3 is 0 Å². The van der Waals surface area contributed by atoms with Crippen LogP contribution in [0.5, 0.6) is 0 Å². The van der Waals surface area contributed by atoms with E-state index in [9.17, 15) is 4.39 Å². The van der Waals surface area contributed by atoms with Crippen LogP contribution in [-0.4, -0.2) is 9.97 Å². The Bertz CT molecular complexity index is 546. The third-order valence-corrected chi connectivity index (χ3v) is 2.77. The molecule has 0 amide bonds. The predicted molar refractivity (Wildman–Crippen MR) is 69.6 cm³/mol. The van der Waals surface area contributed by atoms with Gasteiger partial charge in [-0.2, -0.15) is 4.98 Å². The number of nitrogen functional groups attached to an aromatic ring is 1. The molecule has 0 aliphatic carbocycles. The van der Waals surface area contributed by atoms with Crippen LogP contribution < -0.4 is 11.1 Å². The van der Waals surface area contributed by atoms with E-state index in [1.165, 1.54) is 12.1 Å². The van der Waals surface area contributed by atoms with Gasteiger partial charge in [-0.1, -0.05) is 12.1 Å². The summed E-state index contributed by atoms with van der Waals surface area (Å²) in [4.78, 5) is 8.41. The lowest BCUT2D eigenvalue weighted by Gasteiger charge is -2.09. The van der Waals surface area contributed by atoms with Crippen molar-refractivity contribution in [3.8, 4) is 0 Å². The van der Waals surface area contributed by atoms with Crippen LogP contribution >= 0.6 is 0 Å². The van der Waals surface area contributed by atoms with Gasteiger partial charge in [0.15, 0.2) is 0 Å². The minimum atomic E-state index is -0.255. The molecule has 0 fully saturated rings. The van der Waals surface area contributed by atoms with Gasteiger partial charge in [0, 0.05) is 17.8 Å². The lowest BCUT2D eigenvalue weighted by Crippen LogP contribution is -2.08. The first kappa shape index (κ1) is 12.3. The number of benzene rings is 1. The van der Waals surface area contributed by atoms with Crippen molar-refractivity contribution in [2.24, 2.45) is 0 Å². The molecule has 0 aliphatic rings. The number of aromatic nitrogens is 2. The van der Waals surface area contributed by atoms with E-state index in [-0.39, 0.29) is 5.82 Å². The van der Waals surface area contributed by atoms with E-state index in [2.05, 4.69) is 15.3 Å². The van der Waals surface area contributed by atoms with Gasteiger partial charge in [-0.05, 0) is 31.5 Å². The highest BCUT2D eigenvalue weighted by molar-refractivity contribution is 5.46.